The number of imidazole rings is 1. The van der Waals surface area contributed by atoms with Crippen molar-refractivity contribution in [2.24, 2.45) is 0 Å². The third kappa shape index (κ3) is 2.94. The molecular formula is C18H10Cl2N6S2. The molecule has 0 bridgehead atoms. The van der Waals surface area contributed by atoms with E-state index < -0.39 is 0 Å². The van der Waals surface area contributed by atoms with Gasteiger partial charge >= 0.3 is 0 Å². The lowest BCUT2D eigenvalue weighted by molar-refractivity contribution is 1.23. The quantitative estimate of drug-likeness (QED) is 0.368. The highest BCUT2D eigenvalue weighted by Crippen LogP contribution is 2.45. The smallest absolute Gasteiger partial charge is 0.182 e. The first-order valence-electron chi connectivity index (χ1n) is 8.06. The topological polar surface area (TPSA) is 93.4 Å². The molecule has 0 unspecified atom stereocenters. The number of H-pyrrole nitrogens is 1. The summed E-state index contributed by atoms with van der Waals surface area (Å²) in [4.78, 5) is 23.3. The third-order valence-electron chi connectivity index (χ3n) is 4.11. The predicted octanol–water partition coefficient (Wildman–Crippen LogP) is 5.76. The van der Waals surface area contributed by atoms with Gasteiger partial charge in [-0.25, -0.2) is 19.9 Å². The minimum atomic E-state index is 0.459. The van der Waals surface area contributed by atoms with Crippen molar-refractivity contribution in [2.45, 2.75) is 0 Å². The van der Waals surface area contributed by atoms with Gasteiger partial charge in [-0.2, -0.15) is 0 Å². The van der Waals surface area contributed by atoms with E-state index in [2.05, 4.69) is 24.9 Å². The van der Waals surface area contributed by atoms with Crippen LogP contribution in [0.15, 0.2) is 43.0 Å². The van der Waals surface area contributed by atoms with Crippen LogP contribution in [0.4, 0.5) is 5.13 Å². The van der Waals surface area contributed by atoms with Gasteiger partial charge in [-0.3, -0.25) is 0 Å². The van der Waals surface area contributed by atoms with Crippen LogP contribution in [-0.2, 0) is 0 Å². The predicted molar refractivity (Wildman–Crippen MR) is 116 cm³/mol. The van der Waals surface area contributed by atoms with Crippen LogP contribution in [-0.4, -0.2) is 24.9 Å². The second-order valence-electron chi connectivity index (χ2n) is 5.84. The number of halogens is 2. The SMILES string of the molecule is Nc1nc2c(-c3cc(-c4ccc(Cl)cc4Cl)c(-c4ncc[nH]4)s3)ncnc2s1. The second kappa shape index (κ2) is 6.82. The first-order valence-corrected chi connectivity index (χ1v) is 10.5. The van der Waals surface area contributed by atoms with Gasteiger partial charge in [0.15, 0.2) is 5.13 Å². The van der Waals surface area contributed by atoms with Gasteiger partial charge in [-0.1, -0.05) is 40.6 Å². The van der Waals surface area contributed by atoms with Gasteiger partial charge in [-0.05, 0) is 18.2 Å². The number of thiophene rings is 1. The Morgan fingerprint density at radius 2 is 1.89 bits per heavy atom. The van der Waals surface area contributed by atoms with Gasteiger partial charge in [0, 0.05) is 33.6 Å². The second-order valence-corrected chi connectivity index (χ2v) is 8.75. The Bertz CT molecular complexity index is 1310. The van der Waals surface area contributed by atoms with Crippen molar-refractivity contribution in [3.8, 4) is 32.4 Å². The van der Waals surface area contributed by atoms with Crippen LogP contribution in [0.5, 0.6) is 0 Å². The maximum absolute atomic E-state index is 6.49. The largest absolute Gasteiger partial charge is 0.375 e. The lowest BCUT2D eigenvalue weighted by Crippen LogP contribution is -1.86. The van der Waals surface area contributed by atoms with Crippen LogP contribution < -0.4 is 5.73 Å². The van der Waals surface area contributed by atoms with Gasteiger partial charge in [0.2, 0.25) is 0 Å². The molecule has 28 heavy (non-hydrogen) atoms. The molecule has 0 aliphatic heterocycles. The van der Waals surface area contributed by atoms with Gasteiger partial charge < -0.3 is 10.7 Å². The third-order valence-corrected chi connectivity index (χ3v) is 6.60. The lowest BCUT2D eigenvalue weighted by atomic mass is 10.1. The number of aromatic amines is 1. The molecule has 0 aliphatic carbocycles. The summed E-state index contributed by atoms with van der Waals surface area (Å²) in [5.74, 6) is 0.750. The molecule has 0 amide bonds. The zero-order chi connectivity index (χ0) is 19.3. The summed E-state index contributed by atoms with van der Waals surface area (Å²) >= 11 is 15.5. The Morgan fingerprint density at radius 3 is 2.68 bits per heavy atom. The van der Waals surface area contributed by atoms with Crippen molar-refractivity contribution in [1.82, 2.24) is 24.9 Å². The summed E-state index contributed by atoms with van der Waals surface area (Å²) in [6.45, 7) is 0. The van der Waals surface area contributed by atoms with Crippen LogP contribution in [0.25, 0.3) is 42.7 Å². The van der Waals surface area contributed by atoms with Crippen LogP contribution in [0.3, 0.4) is 0 Å². The Labute approximate surface area is 177 Å². The molecular weight excluding hydrogens is 435 g/mol. The molecule has 0 aliphatic rings. The monoisotopic (exact) mass is 444 g/mol. The highest BCUT2D eigenvalue weighted by atomic mass is 35.5. The van der Waals surface area contributed by atoms with E-state index in [1.165, 1.54) is 17.7 Å². The Balaban J connectivity index is 1.77. The van der Waals surface area contributed by atoms with E-state index >= 15 is 0 Å². The summed E-state index contributed by atoms with van der Waals surface area (Å²) in [7, 11) is 0. The Hall–Kier alpha value is -2.52. The first-order chi connectivity index (χ1) is 13.6. The van der Waals surface area contributed by atoms with Crippen molar-refractivity contribution in [3.05, 3.63) is 53.0 Å². The molecule has 3 N–H and O–H groups in total. The number of aromatic nitrogens is 5. The molecule has 4 heterocycles. The molecule has 0 radical (unpaired) electrons. The van der Waals surface area contributed by atoms with Crippen LogP contribution in [0, 0.1) is 0 Å². The number of nitrogens with two attached hydrogens (primary N) is 1. The molecule has 10 heteroatoms. The highest BCUT2D eigenvalue weighted by molar-refractivity contribution is 7.22. The number of nitrogens with zero attached hydrogens (tertiary/aromatic N) is 4. The average Bonchev–Trinajstić information content (AvgIpc) is 3.39. The van der Waals surface area contributed by atoms with Crippen LogP contribution >= 0.6 is 45.9 Å². The molecule has 5 rings (SSSR count). The first kappa shape index (κ1) is 17.6. The summed E-state index contributed by atoms with van der Waals surface area (Å²) in [6.07, 6.45) is 5.02. The molecule has 0 saturated carbocycles. The molecule has 0 saturated heterocycles. The van der Waals surface area contributed by atoms with Crippen molar-refractivity contribution < 1.29 is 0 Å². The number of hydrogen-bond acceptors (Lipinski definition) is 7. The van der Waals surface area contributed by atoms with Gasteiger partial charge in [0.1, 0.15) is 28.2 Å². The van der Waals surface area contributed by atoms with Crippen molar-refractivity contribution in [3.63, 3.8) is 0 Å². The molecule has 1 aromatic carbocycles. The zero-order valence-corrected chi connectivity index (χ0v) is 17.1. The fourth-order valence-corrected chi connectivity index (χ4v) is 5.25. The van der Waals surface area contributed by atoms with Gasteiger partial charge in [-0.15, -0.1) is 11.3 Å². The highest BCUT2D eigenvalue weighted by Gasteiger charge is 2.20. The Morgan fingerprint density at radius 1 is 1.00 bits per heavy atom. The molecule has 0 atom stereocenters. The van der Waals surface area contributed by atoms with Crippen molar-refractivity contribution in [1.29, 1.82) is 0 Å². The normalized spacial score (nSPS) is 11.4. The van der Waals surface area contributed by atoms with Gasteiger partial charge in [0.25, 0.3) is 0 Å². The molecule has 0 spiro atoms. The van der Waals surface area contributed by atoms with E-state index in [1.54, 1.807) is 29.8 Å². The number of nitrogens with one attached hydrogen (secondary N) is 1. The maximum atomic E-state index is 6.49. The van der Waals surface area contributed by atoms with E-state index in [0.717, 1.165) is 37.2 Å². The summed E-state index contributed by atoms with van der Waals surface area (Å²) in [6, 6.07) is 7.48. The lowest BCUT2D eigenvalue weighted by Gasteiger charge is -2.05. The maximum Gasteiger partial charge on any atom is 0.182 e. The number of fused-ring (bicyclic) bond motifs is 1. The van der Waals surface area contributed by atoms with Crippen LogP contribution in [0.1, 0.15) is 0 Å². The number of thiazole rings is 1. The number of hydrogen-bond donors (Lipinski definition) is 2. The number of anilines is 1. The van der Waals surface area contributed by atoms with Crippen LogP contribution in [0.2, 0.25) is 10.0 Å². The molecule has 5 aromatic rings. The number of benzene rings is 1. The van der Waals surface area contributed by atoms with E-state index in [4.69, 9.17) is 28.9 Å². The average molecular weight is 445 g/mol. The summed E-state index contributed by atoms with van der Waals surface area (Å²) in [5, 5.41) is 1.61. The molecule has 6 nitrogen and oxygen atoms in total. The van der Waals surface area contributed by atoms with Gasteiger partial charge in [0.05, 0.1) is 9.75 Å². The van der Waals surface area contributed by atoms with Crippen molar-refractivity contribution in [2.75, 3.05) is 5.73 Å². The summed E-state index contributed by atoms with van der Waals surface area (Å²) < 4.78 is 0. The fraction of sp³-hybridized carbons (Fsp3) is 0. The fourth-order valence-electron chi connectivity index (χ4n) is 2.93. The zero-order valence-electron chi connectivity index (χ0n) is 14.0. The van der Waals surface area contributed by atoms with E-state index in [0.29, 0.717) is 20.7 Å². The molecule has 4 aromatic heterocycles. The van der Waals surface area contributed by atoms with Crippen molar-refractivity contribution >= 4 is 61.4 Å². The standard InChI is InChI=1S/C18H10Cl2N6S2/c19-8-1-2-9(11(20)5-8)10-6-12(27-15(10)16-22-3-4-23-16)13-14-17(25-7-24-13)28-18(21)26-14/h1-7H,(H2,21,26)(H,22,23). The summed E-state index contributed by atoms with van der Waals surface area (Å²) in [5.41, 5.74) is 9.09. The van der Waals surface area contributed by atoms with E-state index in [1.807, 2.05) is 18.2 Å². The molecule has 138 valence electrons. The number of rotatable bonds is 3. The van der Waals surface area contributed by atoms with E-state index in [-0.39, 0.29) is 0 Å². The number of nitrogen functional groups attached to an aromatic ring is 1. The Kier molecular flexibility index (Phi) is 4.28. The molecule has 0 fully saturated rings. The minimum absolute atomic E-state index is 0.459. The minimum Gasteiger partial charge on any atom is -0.375 e. The van der Waals surface area contributed by atoms with E-state index in [9.17, 15) is 0 Å².